The zero-order valence-electron chi connectivity index (χ0n) is 11.9. The summed E-state index contributed by atoms with van der Waals surface area (Å²) in [5.74, 6) is 0.251. The molecule has 0 spiro atoms. The molecule has 0 aliphatic carbocycles. The van der Waals surface area contributed by atoms with Gasteiger partial charge in [0.15, 0.2) is 0 Å². The van der Waals surface area contributed by atoms with Crippen LogP contribution in [0.1, 0.15) is 20.8 Å². The fourth-order valence-electron chi connectivity index (χ4n) is 2.76. The molecule has 2 rings (SSSR count). The van der Waals surface area contributed by atoms with Crippen LogP contribution in [0.15, 0.2) is 0 Å². The molecule has 2 aliphatic rings. The first-order valence-electron chi connectivity index (χ1n) is 6.96. The van der Waals surface area contributed by atoms with E-state index in [-0.39, 0.29) is 11.9 Å². The van der Waals surface area contributed by atoms with Gasteiger partial charge in [-0.05, 0) is 27.8 Å². The molecule has 0 aromatic carbocycles. The van der Waals surface area contributed by atoms with Gasteiger partial charge in [-0.1, -0.05) is 0 Å². The van der Waals surface area contributed by atoms with E-state index in [1.807, 2.05) is 4.90 Å². The van der Waals surface area contributed by atoms with E-state index in [2.05, 4.69) is 43.4 Å². The van der Waals surface area contributed by atoms with Crippen LogP contribution in [0.5, 0.6) is 0 Å². The van der Waals surface area contributed by atoms with Gasteiger partial charge in [0.2, 0.25) is 5.91 Å². The summed E-state index contributed by atoms with van der Waals surface area (Å²) in [7, 11) is 2.14. The van der Waals surface area contributed by atoms with Crippen molar-refractivity contribution in [2.24, 2.45) is 0 Å². The number of likely N-dealkylation sites (N-methyl/N-ethyl adjacent to an activating group) is 1. The van der Waals surface area contributed by atoms with Crippen molar-refractivity contribution in [3.05, 3.63) is 0 Å². The predicted octanol–water partition coefficient (Wildman–Crippen LogP) is -0.513. The van der Waals surface area contributed by atoms with Crippen LogP contribution in [0.2, 0.25) is 0 Å². The van der Waals surface area contributed by atoms with Gasteiger partial charge >= 0.3 is 0 Å². The molecule has 2 saturated heterocycles. The molecule has 4 atom stereocenters. The highest BCUT2D eigenvalue weighted by molar-refractivity contribution is 5.82. The minimum Gasteiger partial charge on any atom is -0.338 e. The Morgan fingerprint density at radius 1 is 1.06 bits per heavy atom. The van der Waals surface area contributed by atoms with Crippen LogP contribution in [-0.2, 0) is 4.79 Å². The molecular formula is C13H26N4O. The van der Waals surface area contributed by atoms with E-state index in [0.29, 0.717) is 18.1 Å². The third kappa shape index (κ3) is 2.84. The second-order valence-corrected chi connectivity index (χ2v) is 5.88. The summed E-state index contributed by atoms with van der Waals surface area (Å²) in [4.78, 5) is 16.8. The Hall–Kier alpha value is -0.650. The summed E-state index contributed by atoms with van der Waals surface area (Å²) in [6.07, 6.45) is 0. The average molecular weight is 254 g/mol. The number of rotatable bonds is 1. The van der Waals surface area contributed by atoms with Gasteiger partial charge in [0.25, 0.3) is 0 Å². The summed E-state index contributed by atoms with van der Waals surface area (Å²) in [6, 6.07) is 1.28. The first kappa shape index (κ1) is 13.8. The van der Waals surface area contributed by atoms with Gasteiger partial charge in [-0.25, -0.2) is 0 Å². The van der Waals surface area contributed by atoms with Crippen molar-refractivity contribution in [2.45, 2.75) is 44.9 Å². The first-order valence-corrected chi connectivity index (χ1v) is 6.96. The fraction of sp³-hybridized carbons (Fsp3) is 0.923. The second kappa shape index (κ2) is 5.55. The van der Waals surface area contributed by atoms with Crippen molar-refractivity contribution in [2.75, 3.05) is 33.2 Å². The molecule has 5 heteroatoms. The van der Waals surface area contributed by atoms with Crippen LogP contribution in [-0.4, -0.2) is 73.1 Å². The normalized spacial score (nSPS) is 38.8. The zero-order chi connectivity index (χ0) is 13.3. The molecule has 1 amide bonds. The number of piperazine rings is 2. The molecule has 18 heavy (non-hydrogen) atoms. The van der Waals surface area contributed by atoms with E-state index in [9.17, 15) is 4.79 Å². The van der Waals surface area contributed by atoms with E-state index in [0.717, 1.165) is 26.2 Å². The standard InChI is InChI=1S/C13H26N4O/c1-9-5-15-12(6-14-9)13(18)17-7-10(2)16(4)11(3)8-17/h9-12,14-15H,5-8H2,1-4H3. The van der Waals surface area contributed by atoms with Crippen LogP contribution in [0.4, 0.5) is 0 Å². The quantitative estimate of drug-likeness (QED) is 0.661. The van der Waals surface area contributed by atoms with Gasteiger partial charge in [0.05, 0.1) is 6.04 Å². The number of hydrogen-bond acceptors (Lipinski definition) is 4. The summed E-state index contributed by atoms with van der Waals surface area (Å²) in [6.45, 7) is 9.80. The van der Waals surface area contributed by atoms with E-state index in [4.69, 9.17) is 0 Å². The number of carbonyl (C=O) groups is 1. The van der Waals surface area contributed by atoms with Crippen molar-refractivity contribution in [1.29, 1.82) is 0 Å². The van der Waals surface area contributed by atoms with Crippen LogP contribution in [0, 0.1) is 0 Å². The van der Waals surface area contributed by atoms with Crippen LogP contribution in [0.25, 0.3) is 0 Å². The molecule has 5 nitrogen and oxygen atoms in total. The summed E-state index contributed by atoms with van der Waals surface area (Å²) in [5.41, 5.74) is 0. The fourth-order valence-corrected chi connectivity index (χ4v) is 2.76. The Bertz CT molecular complexity index is 289. The molecule has 2 aliphatic heterocycles. The third-order valence-electron chi connectivity index (χ3n) is 4.31. The van der Waals surface area contributed by atoms with Crippen molar-refractivity contribution < 1.29 is 4.79 Å². The van der Waals surface area contributed by atoms with Crippen molar-refractivity contribution in [3.8, 4) is 0 Å². The van der Waals surface area contributed by atoms with Gasteiger partial charge in [0.1, 0.15) is 0 Å². The smallest absolute Gasteiger partial charge is 0.241 e. The van der Waals surface area contributed by atoms with Gasteiger partial charge in [-0.3, -0.25) is 9.69 Å². The molecule has 0 aromatic rings. The number of nitrogens with zero attached hydrogens (tertiary/aromatic N) is 2. The Balaban J connectivity index is 1.93. The highest BCUT2D eigenvalue weighted by Crippen LogP contribution is 2.14. The van der Waals surface area contributed by atoms with E-state index >= 15 is 0 Å². The lowest BCUT2D eigenvalue weighted by molar-refractivity contribution is -0.137. The van der Waals surface area contributed by atoms with Crippen molar-refractivity contribution >= 4 is 5.91 Å². The van der Waals surface area contributed by atoms with Crippen LogP contribution < -0.4 is 10.6 Å². The first-order chi connectivity index (χ1) is 8.49. The summed E-state index contributed by atoms with van der Waals surface area (Å²) in [5, 5.41) is 6.70. The minimum atomic E-state index is -0.0518. The summed E-state index contributed by atoms with van der Waals surface area (Å²) >= 11 is 0. The zero-order valence-corrected chi connectivity index (χ0v) is 11.9. The molecule has 104 valence electrons. The van der Waals surface area contributed by atoms with Gasteiger partial charge < -0.3 is 15.5 Å². The predicted molar refractivity (Wildman–Crippen MR) is 72.5 cm³/mol. The second-order valence-electron chi connectivity index (χ2n) is 5.88. The Kier molecular flexibility index (Phi) is 4.25. The topological polar surface area (TPSA) is 47.6 Å². The lowest BCUT2D eigenvalue weighted by Crippen LogP contribution is -2.63. The van der Waals surface area contributed by atoms with Gasteiger partial charge in [-0.15, -0.1) is 0 Å². The number of amides is 1. The van der Waals surface area contributed by atoms with E-state index in [1.165, 1.54) is 0 Å². The molecule has 2 fully saturated rings. The lowest BCUT2D eigenvalue weighted by Gasteiger charge is -2.44. The average Bonchev–Trinajstić information content (AvgIpc) is 2.35. The van der Waals surface area contributed by atoms with E-state index in [1.54, 1.807) is 0 Å². The molecule has 2 heterocycles. The molecular weight excluding hydrogens is 228 g/mol. The number of carbonyl (C=O) groups excluding carboxylic acids is 1. The summed E-state index contributed by atoms with van der Waals surface area (Å²) < 4.78 is 0. The monoisotopic (exact) mass is 254 g/mol. The maximum atomic E-state index is 12.5. The van der Waals surface area contributed by atoms with Crippen LogP contribution >= 0.6 is 0 Å². The molecule has 2 N–H and O–H groups in total. The molecule has 0 radical (unpaired) electrons. The maximum Gasteiger partial charge on any atom is 0.241 e. The minimum absolute atomic E-state index is 0.0518. The maximum absolute atomic E-state index is 12.5. The van der Waals surface area contributed by atoms with Crippen molar-refractivity contribution in [1.82, 2.24) is 20.4 Å². The SMILES string of the molecule is CC1CNC(C(=O)N2CC(C)N(C)C(C)C2)CN1. The Morgan fingerprint density at radius 2 is 1.67 bits per heavy atom. The lowest BCUT2D eigenvalue weighted by atomic mass is 10.1. The molecule has 0 aromatic heterocycles. The molecule has 0 bridgehead atoms. The number of hydrogen-bond donors (Lipinski definition) is 2. The van der Waals surface area contributed by atoms with E-state index < -0.39 is 0 Å². The van der Waals surface area contributed by atoms with Gasteiger partial charge in [-0.2, -0.15) is 0 Å². The largest absolute Gasteiger partial charge is 0.338 e. The molecule has 0 saturated carbocycles. The van der Waals surface area contributed by atoms with Crippen LogP contribution in [0.3, 0.4) is 0 Å². The highest BCUT2D eigenvalue weighted by Gasteiger charge is 2.33. The number of nitrogens with one attached hydrogen (secondary N) is 2. The Labute approximate surface area is 110 Å². The third-order valence-corrected chi connectivity index (χ3v) is 4.31. The Morgan fingerprint density at radius 3 is 2.17 bits per heavy atom. The van der Waals surface area contributed by atoms with Gasteiger partial charge in [0, 0.05) is 44.3 Å². The van der Waals surface area contributed by atoms with Crippen molar-refractivity contribution in [3.63, 3.8) is 0 Å². The molecule has 4 unspecified atom stereocenters. The highest BCUT2D eigenvalue weighted by atomic mass is 16.2.